The lowest BCUT2D eigenvalue weighted by atomic mass is 10.1. The Kier molecular flexibility index (Phi) is 6.48. The number of carbonyl (C=O) groups excluding carboxylic acids is 1. The van der Waals surface area contributed by atoms with Gasteiger partial charge in [0.2, 0.25) is 5.91 Å². The second kappa shape index (κ2) is 9.02. The van der Waals surface area contributed by atoms with Crippen LogP contribution in [-0.2, 0) is 22.5 Å². The number of nitrogens with zero attached hydrogens (tertiary/aromatic N) is 2. The molecule has 1 aromatic carbocycles. The zero-order valence-electron chi connectivity index (χ0n) is 14.8. The van der Waals surface area contributed by atoms with E-state index < -0.39 is 0 Å². The maximum absolute atomic E-state index is 12.3. The molecule has 1 amide bonds. The van der Waals surface area contributed by atoms with Crippen molar-refractivity contribution < 1.29 is 9.53 Å². The SMILES string of the molecule is CN(Cc1ccc(N2CCOCC2)cc1)C(=O)CCCc1cccs1. The van der Waals surface area contributed by atoms with Gasteiger partial charge in [-0.3, -0.25) is 4.79 Å². The summed E-state index contributed by atoms with van der Waals surface area (Å²) in [4.78, 5) is 17.8. The van der Waals surface area contributed by atoms with Gasteiger partial charge in [-0.1, -0.05) is 18.2 Å². The number of anilines is 1. The fourth-order valence-electron chi connectivity index (χ4n) is 3.06. The van der Waals surface area contributed by atoms with Gasteiger partial charge < -0.3 is 14.5 Å². The number of hydrogen-bond donors (Lipinski definition) is 0. The molecule has 1 aliphatic rings. The Morgan fingerprint density at radius 2 is 1.96 bits per heavy atom. The van der Waals surface area contributed by atoms with Crippen LogP contribution in [0.25, 0.3) is 0 Å². The fourth-order valence-corrected chi connectivity index (χ4v) is 3.81. The Labute approximate surface area is 154 Å². The summed E-state index contributed by atoms with van der Waals surface area (Å²) in [5.74, 6) is 0.216. The maximum Gasteiger partial charge on any atom is 0.222 e. The summed E-state index contributed by atoms with van der Waals surface area (Å²) in [5.41, 5.74) is 2.41. The van der Waals surface area contributed by atoms with Gasteiger partial charge in [-0.2, -0.15) is 0 Å². The molecule has 4 nitrogen and oxygen atoms in total. The number of hydrogen-bond acceptors (Lipinski definition) is 4. The molecule has 25 heavy (non-hydrogen) atoms. The molecule has 0 N–H and O–H groups in total. The van der Waals surface area contributed by atoms with E-state index in [-0.39, 0.29) is 5.91 Å². The van der Waals surface area contributed by atoms with Crippen molar-refractivity contribution in [1.29, 1.82) is 0 Å². The molecule has 0 unspecified atom stereocenters. The topological polar surface area (TPSA) is 32.8 Å². The Balaban J connectivity index is 1.44. The van der Waals surface area contributed by atoms with Crippen LogP contribution >= 0.6 is 11.3 Å². The minimum Gasteiger partial charge on any atom is -0.378 e. The molecular formula is C20H26N2O2S. The van der Waals surface area contributed by atoms with E-state index in [9.17, 15) is 4.79 Å². The Morgan fingerprint density at radius 1 is 1.20 bits per heavy atom. The molecule has 2 aromatic rings. The average Bonchev–Trinajstić information content (AvgIpc) is 3.16. The number of benzene rings is 1. The number of carbonyl (C=O) groups is 1. The molecule has 5 heteroatoms. The van der Waals surface area contributed by atoms with Crippen LogP contribution in [0.4, 0.5) is 5.69 Å². The van der Waals surface area contributed by atoms with Crippen LogP contribution in [0, 0.1) is 0 Å². The summed E-state index contributed by atoms with van der Waals surface area (Å²) in [6, 6.07) is 12.7. The average molecular weight is 359 g/mol. The predicted octanol–water partition coefficient (Wildman–Crippen LogP) is 3.57. The summed E-state index contributed by atoms with van der Waals surface area (Å²) < 4.78 is 5.39. The zero-order chi connectivity index (χ0) is 17.5. The number of amides is 1. The molecule has 3 rings (SSSR count). The van der Waals surface area contributed by atoms with Gasteiger partial charge >= 0.3 is 0 Å². The minimum absolute atomic E-state index is 0.216. The summed E-state index contributed by atoms with van der Waals surface area (Å²) >= 11 is 1.76. The number of aryl methyl sites for hydroxylation is 1. The van der Waals surface area contributed by atoms with Crippen molar-refractivity contribution in [2.24, 2.45) is 0 Å². The van der Waals surface area contributed by atoms with Crippen molar-refractivity contribution in [1.82, 2.24) is 4.90 Å². The van der Waals surface area contributed by atoms with E-state index in [4.69, 9.17) is 4.74 Å². The second-order valence-corrected chi connectivity index (χ2v) is 7.48. The summed E-state index contributed by atoms with van der Waals surface area (Å²) in [5, 5.41) is 2.09. The predicted molar refractivity (Wildman–Crippen MR) is 103 cm³/mol. The number of rotatable bonds is 7. The third-order valence-electron chi connectivity index (χ3n) is 4.55. The molecule has 0 bridgehead atoms. The normalized spacial score (nSPS) is 14.5. The van der Waals surface area contributed by atoms with Gasteiger partial charge in [-0.15, -0.1) is 11.3 Å². The first-order chi connectivity index (χ1) is 12.2. The lowest BCUT2D eigenvalue weighted by molar-refractivity contribution is -0.130. The van der Waals surface area contributed by atoms with Crippen molar-refractivity contribution in [2.75, 3.05) is 38.3 Å². The fraction of sp³-hybridized carbons (Fsp3) is 0.450. The molecule has 2 heterocycles. The third kappa shape index (κ3) is 5.31. The van der Waals surface area contributed by atoms with Crippen molar-refractivity contribution in [2.45, 2.75) is 25.8 Å². The van der Waals surface area contributed by atoms with Gasteiger partial charge in [0.25, 0.3) is 0 Å². The van der Waals surface area contributed by atoms with Crippen LogP contribution in [0.1, 0.15) is 23.3 Å². The van der Waals surface area contributed by atoms with E-state index in [0.29, 0.717) is 13.0 Å². The monoisotopic (exact) mass is 358 g/mol. The van der Waals surface area contributed by atoms with Crippen molar-refractivity contribution in [3.05, 3.63) is 52.2 Å². The summed E-state index contributed by atoms with van der Waals surface area (Å²) in [7, 11) is 1.89. The van der Waals surface area contributed by atoms with Crippen LogP contribution in [0.3, 0.4) is 0 Å². The third-order valence-corrected chi connectivity index (χ3v) is 5.49. The lowest BCUT2D eigenvalue weighted by Crippen LogP contribution is -2.36. The van der Waals surface area contributed by atoms with E-state index in [0.717, 1.165) is 39.1 Å². The van der Waals surface area contributed by atoms with Crippen molar-refractivity contribution in [3.8, 4) is 0 Å². The first-order valence-electron chi connectivity index (χ1n) is 8.90. The molecule has 0 atom stereocenters. The lowest BCUT2D eigenvalue weighted by Gasteiger charge is -2.29. The van der Waals surface area contributed by atoms with Crippen LogP contribution in [0.15, 0.2) is 41.8 Å². The van der Waals surface area contributed by atoms with Gasteiger partial charge in [0.15, 0.2) is 0 Å². The zero-order valence-corrected chi connectivity index (χ0v) is 15.6. The molecule has 1 aliphatic heterocycles. The Bertz CT molecular complexity index is 649. The molecular weight excluding hydrogens is 332 g/mol. The maximum atomic E-state index is 12.3. The van der Waals surface area contributed by atoms with Gasteiger partial charge in [-0.05, 0) is 42.0 Å². The van der Waals surface area contributed by atoms with Gasteiger partial charge in [0.1, 0.15) is 0 Å². The highest BCUT2D eigenvalue weighted by Gasteiger charge is 2.12. The van der Waals surface area contributed by atoms with E-state index in [1.54, 1.807) is 11.3 Å². The van der Waals surface area contributed by atoms with E-state index in [2.05, 4.69) is 46.7 Å². The first kappa shape index (κ1) is 18.0. The highest BCUT2D eigenvalue weighted by Crippen LogP contribution is 2.18. The first-order valence-corrected chi connectivity index (χ1v) is 9.78. The summed E-state index contributed by atoms with van der Waals surface area (Å²) in [6.45, 7) is 4.15. The van der Waals surface area contributed by atoms with Crippen LogP contribution in [0.2, 0.25) is 0 Å². The smallest absolute Gasteiger partial charge is 0.222 e. The highest BCUT2D eigenvalue weighted by atomic mass is 32.1. The molecule has 0 saturated carbocycles. The van der Waals surface area contributed by atoms with Gasteiger partial charge in [-0.25, -0.2) is 0 Å². The van der Waals surface area contributed by atoms with Crippen LogP contribution < -0.4 is 4.90 Å². The summed E-state index contributed by atoms with van der Waals surface area (Å²) in [6.07, 6.45) is 2.52. The van der Waals surface area contributed by atoms with E-state index >= 15 is 0 Å². The van der Waals surface area contributed by atoms with E-state index in [1.807, 2.05) is 11.9 Å². The van der Waals surface area contributed by atoms with Crippen LogP contribution in [0.5, 0.6) is 0 Å². The second-order valence-electron chi connectivity index (χ2n) is 6.45. The van der Waals surface area contributed by atoms with Crippen molar-refractivity contribution in [3.63, 3.8) is 0 Å². The molecule has 0 aliphatic carbocycles. The van der Waals surface area contributed by atoms with Gasteiger partial charge in [0.05, 0.1) is 13.2 Å². The Morgan fingerprint density at radius 3 is 2.64 bits per heavy atom. The number of morpholine rings is 1. The minimum atomic E-state index is 0.216. The van der Waals surface area contributed by atoms with E-state index in [1.165, 1.54) is 16.1 Å². The molecule has 0 radical (unpaired) electrons. The highest BCUT2D eigenvalue weighted by molar-refractivity contribution is 7.09. The molecule has 1 aromatic heterocycles. The molecule has 134 valence electrons. The largest absolute Gasteiger partial charge is 0.378 e. The Hall–Kier alpha value is -1.85. The number of thiophene rings is 1. The quantitative estimate of drug-likeness (QED) is 0.759. The molecule has 0 spiro atoms. The van der Waals surface area contributed by atoms with Crippen LogP contribution in [-0.4, -0.2) is 44.2 Å². The van der Waals surface area contributed by atoms with Crippen molar-refractivity contribution >= 4 is 22.9 Å². The standard InChI is InChI=1S/C20H26N2O2S/c1-21(20(23)6-2-4-19-5-3-15-25-19)16-17-7-9-18(10-8-17)22-11-13-24-14-12-22/h3,5,7-10,15H,2,4,6,11-14,16H2,1H3. The number of ether oxygens (including phenoxy) is 1. The molecule has 1 fully saturated rings. The molecule has 1 saturated heterocycles. The van der Waals surface area contributed by atoms with Gasteiger partial charge in [0, 0.05) is 43.7 Å².